The number of piperidine rings is 1. The molecule has 108 valence electrons. The first-order valence-electron chi connectivity index (χ1n) is 7.88. The van der Waals surface area contributed by atoms with Crippen molar-refractivity contribution in [2.45, 2.75) is 78.3 Å². The smallest absolute Gasteiger partial charge is 0.00942 e. The summed E-state index contributed by atoms with van der Waals surface area (Å²) in [5.41, 5.74) is 0.460. The predicted octanol–water partition coefficient (Wildman–Crippen LogP) is 3.67. The van der Waals surface area contributed by atoms with Gasteiger partial charge in [0.15, 0.2) is 0 Å². The molecule has 1 N–H and O–H groups in total. The summed E-state index contributed by atoms with van der Waals surface area (Å²) < 4.78 is 0. The van der Waals surface area contributed by atoms with Gasteiger partial charge in [-0.2, -0.15) is 0 Å². The number of nitrogens with one attached hydrogen (secondary N) is 1. The third kappa shape index (κ3) is 5.71. The largest absolute Gasteiger partial charge is 0.313 e. The second-order valence-corrected chi connectivity index (χ2v) is 7.05. The third-order valence-electron chi connectivity index (χ3n) is 4.53. The molecule has 0 aliphatic carbocycles. The van der Waals surface area contributed by atoms with E-state index in [0.717, 1.165) is 12.1 Å². The number of hydrogen-bond acceptors (Lipinski definition) is 2. The molecule has 0 aromatic rings. The lowest BCUT2D eigenvalue weighted by Gasteiger charge is -2.37. The summed E-state index contributed by atoms with van der Waals surface area (Å²) in [7, 11) is 2.25. The fourth-order valence-corrected chi connectivity index (χ4v) is 2.84. The Bertz CT molecular complexity index is 225. The van der Waals surface area contributed by atoms with Crippen LogP contribution in [-0.4, -0.2) is 37.1 Å². The SMILES string of the molecule is CCCCCC(C)(C)CNC1CCN(C)C(C)C1. The first-order valence-corrected chi connectivity index (χ1v) is 7.88. The Labute approximate surface area is 115 Å². The van der Waals surface area contributed by atoms with Crippen molar-refractivity contribution in [1.29, 1.82) is 0 Å². The van der Waals surface area contributed by atoms with Gasteiger partial charge in [0.1, 0.15) is 0 Å². The summed E-state index contributed by atoms with van der Waals surface area (Å²) in [5.74, 6) is 0. The van der Waals surface area contributed by atoms with Gasteiger partial charge >= 0.3 is 0 Å². The molecule has 2 nitrogen and oxygen atoms in total. The summed E-state index contributed by atoms with van der Waals surface area (Å²) in [5, 5.41) is 3.81. The maximum atomic E-state index is 3.81. The molecule has 1 aliphatic heterocycles. The molecule has 0 spiro atoms. The quantitative estimate of drug-likeness (QED) is 0.697. The van der Waals surface area contributed by atoms with Crippen molar-refractivity contribution in [3.63, 3.8) is 0 Å². The number of likely N-dealkylation sites (tertiary alicyclic amines) is 1. The molecule has 0 saturated carbocycles. The van der Waals surface area contributed by atoms with Crippen LogP contribution in [0.2, 0.25) is 0 Å². The van der Waals surface area contributed by atoms with Gasteiger partial charge in [-0.1, -0.05) is 40.0 Å². The fraction of sp³-hybridized carbons (Fsp3) is 1.00. The maximum absolute atomic E-state index is 3.81. The maximum Gasteiger partial charge on any atom is 0.00942 e. The number of hydrogen-bond donors (Lipinski definition) is 1. The van der Waals surface area contributed by atoms with E-state index in [1.54, 1.807) is 0 Å². The molecule has 0 aromatic carbocycles. The van der Waals surface area contributed by atoms with Gasteiger partial charge in [-0.25, -0.2) is 0 Å². The molecule has 1 aliphatic rings. The molecule has 1 heterocycles. The first-order chi connectivity index (χ1) is 8.44. The average Bonchev–Trinajstić information content (AvgIpc) is 2.31. The van der Waals surface area contributed by atoms with E-state index in [1.807, 2.05) is 0 Å². The Morgan fingerprint density at radius 1 is 1.28 bits per heavy atom. The van der Waals surface area contributed by atoms with Crippen LogP contribution < -0.4 is 5.32 Å². The van der Waals surface area contributed by atoms with Gasteiger partial charge in [-0.15, -0.1) is 0 Å². The van der Waals surface area contributed by atoms with Gasteiger partial charge in [0, 0.05) is 18.6 Å². The minimum atomic E-state index is 0.460. The zero-order chi connectivity index (χ0) is 13.6. The highest BCUT2D eigenvalue weighted by atomic mass is 15.1. The highest BCUT2D eigenvalue weighted by molar-refractivity contribution is 4.83. The zero-order valence-corrected chi connectivity index (χ0v) is 13.3. The Morgan fingerprint density at radius 2 is 2.00 bits per heavy atom. The van der Waals surface area contributed by atoms with E-state index in [2.05, 4.69) is 45.0 Å². The lowest BCUT2D eigenvalue weighted by Crippen LogP contribution is -2.47. The van der Waals surface area contributed by atoms with Crippen LogP contribution in [0.4, 0.5) is 0 Å². The summed E-state index contributed by atoms with van der Waals surface area (Å²) in [6.07, 6.45) is 8.07. The molecule has 2 unspecified atom stereocenters. The monoisotopic (exact) mass is 254 g/mol. The van der Waals surface area contributed by atoms with Crippen molar-refractivity contribution in [2.24, 2.45) is 5.41 Å². The number of nitrogens with zero attached hydrogens (tertiary/aromatic N) is 1. The van der Waals surface area contributed by atoms with Crippen LogP contribution in [0.1, 0.15) is 66.2 Å². The molecule has 1 saturated heterocycles. The minimum Gasteiger partial charge on any atom is -0.313 e. The highest BCUT2D eigenvalue weighted by Crippen LogP contribution is 2.24. The standard InChI is InChI=1S/C16H34N2/c1-6-7-8-10-16(3,4)13-17-15-9-11-18(5)14(2)12-15/h14-15,17H,6-13H2,1-5H3. The van der Waals surface area contributed by atoms with Crippen molar-refractivity contribution >= 4 is 0 Å². The lowest BCUT2D eigenvalue weighted by molar-refractivity contribution is 0.158. The van der Waals surface area contributed by atoms with Crippen molar-refractivity contribution in [1.82, 2.24) is 10.2 Å². The van der Waals surface area contributed by atoms with Crippen molar-refractivity contribution in [2.75, 3.05) is 20.1 Å². The molecular formula is C16H34N2. The van der Waals surface area contributed by atoms with Gasteiger partial charge in [0.2, 0.25) is 0 Å². The van der Waals surface area contributed by atoms with Gasteiger partial charge in [-0.3, -0.25) is 0 Å². The Morgan fingerprint density at radius 3 is 2.61 bits per heavy atom. The van der Waals surface area contributed by atoms with E-state index >= 15 is 0 Å². The van der Waals surface area contributed by atoms with Crippen LogP contribution in [0.3, 0.4) is 0 Å². The van der Waals surface area contributed by atoms with Gasteiger partial charge < -0.3 is 10.2 Å². The lowest BCUT2D eigenvalue weighted by atomic mass is 9.86. The van der Waals surface area contributed by atoms with E-state index in [-0.39, 0.29) is 0 Å². The number of rotatable bonds is 7. The van der Waals surface area contributed by atoms with Crippen LogP contribution in [-0.2, 0) is 0 Å². The van der Waals surface area contributed by atoms with Crippen molar-refractivity contribution in [3.8, 4) is 0 Å². The first kappa shape index (κ1) is 16.0. The topological polar surface area (TPSA) is 15.3 Å². The number of unbranched alkanes of at least 4 members (excludes halogenated alkanes) is 2. The van der Waals surface area contributed by atoms with Crippen molar-refractivity contribution < 1.29 is 0 Å². The third-order valence-corrected chi connectivity index (χ3v) is 4.53. The highest BCUT2D eigenvalue weighted by Gasteiger charge is 2.24. The molecular weight excluding hydrogens is 220 g/mol. The summed E-state index contributed by atoms with van der Waals surface area (Å²) in [6.45, 7) is 11.9. The zero-order valence-electron chi connectivity index (χ0n) is 13.3. The van der Waals surface area contributed by atoms with Crippen LogP contribution in [0.15, 0.2) is 0 Å². The minimum absolute atomic E-state index is 0.460. The van der Waals surface area contributed by atoms with E-state index in [9.17, 15) is 0 Å². The average molecular weight is 254 g/mol. The summed E-state index contributed by atoms with van der Waals surface area (Å²) in [4.78, 5) is 2.48. The van der Waals surface area contributed by atoms with Crippen LogP contribution in [0, 0.1) is 5.41 Å². The van der Waals surface area contributed by atoms with Crippen molar-refractivity contribution in [3.05, 3.63) is 0 Å². The molecule has 0 amide bonds. The predicted molar refractivity (Wildman–Crippen MR) is 81.0 cm³/mol. The molecule has 0 aromatic heterocycles. The Hall–Kier alpha value is -0.0800. The molecule has 18 heavy (non-hydrogen) atoms. The van der Waals surface area contributed by atoms with Crippen LogP contribution in [0.25, 0.3) is 0 Å². The molecule has 2 atom stereocenters. The van der Waals surface area contributed by atoms with E-state index in [4.69, 9.17) is 0 Å². The summed E-state index contributed by atoms with van der Waals surface area (Å²) in [6, 6.07) is 1.47. The molecule has 2 heteroatoms. The Balaban J connectivity index is 2.22. The second-order valence-electron chi connectivity index (χ2n) is 7.05. The van der Waals surface area contributed by atoms with Crippen LogP contribution >= 0.6 is 0 Å². The van der Waals surface area contributed by atoms with Crippen LogP contribution in [0.5, 0.6) is 0 Å². The normalized spacial score (nSPS) is 26.5. The second kappa shape index (κ2) is 7.49. The Kier molecular flexibility index (Phi) is 6.65. The van der Waals surface area contributed by atoms with E-state index < -0.39 is 0 Å². The van der Waals surface area contributed by atoms with Gasteiger partial charge in [-0.05, 0) is 45.2 Å². The molecule has 0 radical (unpaired) electrons. The molecule has 0 bridgehead atoms. The molecule has 1 fully saturated rings. The van der Waals surface area contributed by atoms with E-state index in [0.29, 0.717) is 5.41 Å². The summed E-state index contributed by atoms with van der Waals surface area (Å²) >= 11 is 0. The fourth-order valence-electron chi connectivity index (χ4n) is 2.84. The van der Waals surface area contributed by atoms with Gasteiger partial charge in [0.05, 0.1) is 0 Å². The molecule has 1 rings (SSSR count). The van der Waals surface area contributed by atoms with Gasteiger partial charge in [0.25, 0.3) is 0 Å². The van der Waals surface area contributed by atoms with E-state index in [1.165, 1.54) is 51.6 Å².